The first-order chi connectivity index (χ1) is 10.5. The van der Waals surface area contributed by atoms with Crippen molar-refractivity contribution >= 4 is 5.69 Å². The van der Waals surface area contributed by atoms with Crippen LogP contribution in [-0.4, -0.2) is 24.1 Å². The highest BCUT2D eigenvalue weighted by Crippen LogP contribution is 2.35. The molecule has 0 aliphatic heterocycles. The SMILES string of the molecule is CN(C)c1ccc(-c2nc(C(F)(F)F)cc(C(F)(F)F)n2)cc1. The topological polar surface area (TPSA) is 29.0 Å². The van der Waals surface area contributed by atoms with Crippen LogP contribution in [0.15, 0.2) is 30.3 Å². The molecular weight excluding hydrogens is 324 g/mol. The Kier molecular flexibility index (Phi) is 4.23. The highest BCUT2D eigenvalue weighted by atomic mass is 19.4. The molecular formula is C14H11F6N3. The third-order valence-electron chi connectivity index (χ3n) is 2.95. The van der Waals surface area contributed by atoms with Crippen LogP contribution in [0.5, 0.6) is 0 Å². The van der Waals surface area contributed by atoms with Crippen molar-refractivity contribution in [3.63, 3.8) is 0 Å². The molecule has 0 spiro atoms. The van der Waals surface area contributed by atoms with E-state index in [0.29, 0.717) is 0 Å². The van der Waals surface area contributed by atoms with Gasteiger partial charge in [-0.25, -0.2) is 9.97 Å². The monoisotopic (exact) mass is 335 g/mol. The Labute approximate surface area is 127 Å². The molecule has 0 fully saturated rings. The Bertz CT molecular complexity index is 657. The number of halogens is 6. The van der Waals surface area contributed by atoms with E-state index in [1.165, 1.54) is 12.1 Å². The molecule has 2 rings (SSSR count). The summed E-state index contributed by atoms with van der Waals surface area (Å²) in [5.74, 6) is -0.627. The van der Waals surface area contributed by atoms with E-state index in [2.05, 4.69) is 9.97 Å². The molecule has 0 saturated heterocycles. The summed E-state index contributed by atoms with van der Waals surface area (Å²) in [7, 11) is 3.50. The van der Waals surface area contributed by atoms with E-state index in [-0.39, 0.29) is 11.6 Å². The van der Waals surface area contributed by atoms with E-state index < -0.39 is 29.6 Å². The van der Waals surface area contributed by atoms with Crippen LogP contribution in [0.4, 0.5) is 32.0 Å². The summed E-state index contributed by atoms with van der Waals surface area (Å²) >= 11 is 0. The van der Waals surface area contributed by atoms with Crippen molar-refractivity contribution in [2.45, 2.75) is 12.4 Å². The lowest BCUT2D eigenvalue weighted by Gasteiger charge is -2.14. The molecule has 3 nitrogen and oxygen atoms in total. The summed E-state index contributed by atoms with van der Waals surface area (Å²) in [5, 5.41) is 0. The van der Waals surface area contributed by atoms with Crippen LogP contribution >= 0.6 is 0 Å². The zero-order valence-electron chi connectivity index (χ0n) is 12.0. The molecule has 124 valence electrons. The van der Waals surface area contributed by atoms with Gasteiger partial charge in [0.25, 0.3) is 0 Å². The maximum Gasteiger partial charge on any atom is 0.433 e. The lowest BCUT2D eigenvalue weighted by molar-refractivity contribution is -0.147. The number of alkyl halides is 6. The molecule has 0 N–H and O–H groups in total. The fraction of sp³-hybridized carbons (Fsp3) is 0.286. The van der Waals surface area contributed by atoms with Gasteiger partial charge in [0.2, 0.25) is 0 Å². The second-order valence-corrected chi connectivity index (χ2v) is 4.90. The second kappa shape index (κ2) is 5.71. The third-order valence-corrected chi connectivity index (χ3v) is 2.95. The number of hydrogen-bond donors (Lipinski definition) is 0. The number of hydrogen-bond acceptors (Lipinski definition) is 3. The van der Waals surface area contributed by atoms with Crippen molar-refractivity contribution in [1.82, 2.24) is 9.97 Å². The van der Waals surface area contributed by atoms with Gasteiger partial charge in [-0.1, -0.05) is 0 Å². The molecule has 23 heavy (non-hydrogen) atoms. The van der Waals surface area contributed by atoms with Crippen molar-refractivity contribution in [3.8, 4) is 11.4 Å². The second-order valence-electron chi connectivity index (χ2n) is 4.90. The summed E-state index contributed by atoms with van der Waals surface area (Å²) in [4.78, 5) is 8.16. The minimum absolute atomic E-state index is 0.0622. The largest absolute Gasteiger partial charge is 0.433 e. The highest BCUT2D eigenvalue weighted by Gasteiger charge is 2.39. The molecule has 1 heterocycles. The number of rotatable bonds is 2. The Morgan fingerprint density at radius 2 is 1.22 bits per heavy atom. The van der Waals surface area contributed by atoms with Crippen LogP contribution in [0.3, 0.4) is 0 Å². The highest BCUT2D eigenvalue weighted by molar-refractivity contribution is 5.60. The molecule has 1 aromatic carbocycles. The van der Waals surface area contributed by atoms with Gasteiger partial charge in [0, 0.05) is 25.3 Å². The molecule has 0 amide bonds. The summed E-state index contributed by atoms with van der Waals surface area (Å²) in [6.45, 7) is 0. The molecule has 1 aromatic heterocycles. The number of benzene rings is 1. The van der Waals surface area contributed by atoms with Crippen molar-refractivity contribution in [1.29, 1.82) is 0 Å². The Morgan fingerprint density at radius 3 is 1.57 bits per heavy atom. The average molecular weight is 335 g/mol. The van der Waals surface area contributed by atoms with Gasteiger partial charge in [0.05, 0.1) is 0 Å². The average Bonchev–Trinajstić information content (AvgIpc) is 2.45. The van der Waals surface area contributed by atoms with Gasteiger partial charge >= 0.3 is 12.4 Å². The summed E-state index contributed by atoms with van der Waals surface area (Å²) < 4.78 is 76.5. The van der Waals surface area contributed by atoms with Gasteiger partial charge in [-0.05, 0) is 30.3 Å². The first-order valence-corrected chi connectivity index (χ1v) is 6.30. The van der Waals surface area contributed by atoms with E-state index >= 15 is 0 Å². The van der Waals surface area contributed by atoms with Gasteiger partial charge in [0.1, 0.15) is 11.4 Å². The van der Waals surface area contributed by atoms with Crippen molar-refractivity contribution in [2.24, 2.45) is 0 Å². The van der Waals surface area contributed by atoms with Gasteiger partial charge < -0.3 is 4.90 Å². The van der Waals surface area contributed by atoms with Crippen LogP contribution in [0, 0.1) is 0 Å². The first-order valence-electron chi connectivity index (χ1n) is 6.30. The van der Waals surface area contributed by atoms with Crippen molar-refractivity contribution < 1.29 is 26.3 Å². The third kappa shape index (κ3) is 3.91. The van der Waals surface area contributed by atoms with Gasteiger partial charge in [0.15, 0.2) is 5.82 Å². The molecule has 9 heteroatoms. The minimum Gasteiger partial charge on any atom is -0.378 e. The summed E-state index contributed by atoms with van der Waals surface area (Å²) in [5.41, 5.74) is -2.47. The van der Waals surface area contributed by atoms with Crippen LogP contribution < -0.4 is 4.90 Å². The fourth-order valence-corrected chi connectivity index (χ4v) is 1.78. The van der Waals surface area contributed by atoms with E-state index in [0.717, 1.165) is 5.69 Å². The minimum atomic E-state index is -5.00. The van der Waals surface area contributed by atoms with Crippen molar-refractivity contribution in [2.75, 3.05) is 19.0 Å². The first kappa shape index (κ1) is 17.0. The number of anilines is 1. The Morgan fingerprint density at radius 1 is 0.783 bits per heavy atom. The molecule has 0 bridgehead atoms. The Hall–Kier alpha value is -2.32. The maximum absolute atomic E-state index is 12.8. The molecule has 2 aromatic rings. The lowest BCUT2D eigenvalue weighted by atomic mass is 10.1. The molecule has 0 radical (unpaired) electrons. The maximum atomic E-state index is 12.8. The normalized spacial score (nSPS) is 12.3. The number of aromatic nitrogens is 2. The van der Waals surface area contributed by atoms with Crippen LogP contribution in [0.2, 0.25) is 0 Å². The van der Waals surface area contributed by atoms with Gasteiger partial charge in [-0.15, -0.1) is 0 Å². The molecule has 0 aliphatic carbocycles. The molecule has 0 aliphatic rings. The van der Waals surface area contributed by atoms with E-state index in [4.69, 9.17) is 0 Å². The van der Waals surface area contributed by atoms with E-state index in [1.807, 2.05) is 0 Å². The lowest BCUT2D eigenvalue weighted by Crippen LogP contribution is -2.16. The zero-order valence-corrected chi connectivity index (χ0v) is 12.0. The predicted molar refractivity (Wildman–Crippen MR) is 71.8 cm³/mol. The van der Waals surface area contributed by atoms with E-state index in [1.54, 1.807) is 31.1 Å². The van der Waals surface area contributed by atoms with Crippen molar-refractivity contribution in [3.05, 3.63) is 41.7 Å². The van der Waals surface area contributed by atoms with Crippen LogP contribution in [-0.2, 0) is 12.4 Å². The van der Waals surface area contributed by atoms with Crippen LogP contribution in [0.25, 0.3) is 11.4 Å². The van der Waals surface area contributed by atoms with Gasteiger partial charge in [-0.2, -0.15) is 26.3 Å². The molecule has 0 saturated carbocycles. The van der Waals surface area contributed by atoms with Gasteiger partial charge in [-0.3, -0.25) is 0 Å². The Balaban J connectivity index is 2.57. The van der Waals surface area contributed by atoms with Crippen LogP contribution in [0.1, 0.15) is 11.4 Å². The summed E-state index contributed by atoms with van der Waals surface area (Å²) in [6, 6.07) is 5.73. The zero-order chi connectivity index (χ0) is 17.4. The smallest absolute Gasteiger partial charge is 0.378 e. The number of nitrogens with zero attached hydrogens (tertiary/aromatic N) is 3. The summed E-state index contributed by atoms with van der Waals surface area (Å²) in [6.07, 6.45) is -10.00. The molecule has 0 unspecified atom stereocenters. The fourth-order valence-electron chi connectivity index (χ4n) is 1.78. The standard InChI is InChI=1S/C14H11F6N3/c1-23(2)9-5-3-8(4-6-9)12-21-10(13(15,16)17)7-11(22-12)14(18,19)20/h3-7H,1-2H3. The quantitative estimate of drug-likeness (QED) is 0.769. The van der Waals surface area contributed by atoms with E-state index in [9.17, 15) is 26.3 Å². The predicted octanol–water partition coefficient (Wildman–Crippen LogP) is 4.25. The molecule has 0 atom stereocenters.